The molecule has 4 atom stereocenters. The van der Waals surface area contributed by atoms with E-state index in [1.165, 1.54) is 13.2 Å². The van der Waals surface area contributed by atoms with Gasteiger partial charge in [0.25, 0.3) is 0 Å². The maximum atomic E-state index is 14.1. The largest absolute Gasteiger partial charge is 0.508 e. The number of phenolic OH excluding ortho intramolecular Hbond substituents is 1. The second-order valence-electron chi connectivity index (χ2n) is 11.0. The minimum absolute atomic E-state index is 0.0625. The van der Waals surface area contributed by atoms with E-state index in [2.05, 4.69) is 0 Å². The van der Waals surface area contributed by atoms with Crippen molar-refractivity contribution in [2.24, 2.45) is 22.7 Å². The van der Waals surface area contributed by atoms with Crippen LogP contribution in [0.25, 0.3) is 5.76 Å². The number of carbonyl (C=O) groups excluding carboxylic acids is 3. The molecule has 3 aliphatic rings. The van der Waals surface area contributed by atoms with E-state index in [0.717, 1.165) is 12.5 Å². The van der Waals surface area contributed by atoms with Gasteiger partial charge in [-0.3, -0.25) is 14.4 Å². The van der Waals surface area contributed by atoms with Crippen molar-refractivity contribution in [1.82, 2.24) is 0 Å². The first-order valence-corrected chi connectivity index (χ1v) is 11.7. The molecule has 4 N–H and O–H groups in total. The zero-order valence-electron chi connectivity index (χ0n) is 20.9. The first-order chi connectivity index (χ1) is 16.2. The van der Waals surface area contributed by atoms with Gasteiger partial charge in [0.05, 0.1) is 12.2 Å². The van der Waals surface area contributed by atoms with Crippen molar-refractivity contribution in [3.63, 3.8) is 0 Å². The molecule has 4 rings (SSSR count). The van der Waals surface area contributed by atoms with Gasteiger partial charge in [0, 0.05) is 29.4 Å². The third-order valence-corrected chi connectivity index (χ3v) is 8.28. The lowest BCUT2D eigenvalue weighted by Gasteiger charge is -2.59. The number of fused-ring (bicyclic) bond motifs is 3. The molecule has 188 valence electrons. The number of phenols is 1. The first-order valence-electron chi connectivity index (χ1n) is 11.7. The number of ether oxygens (including phenoxy) is 1. The van der Waals surface area contributed by atoms with Gasteiger partial charge in [0.15, 0.2) is 17.2 Å². The van der Waals surface area contributed by atoms with E-state index in [4.69, 9.17) is 4.74 Å². The van der Waals surface area contributed by atoms with E-state index in [1.807, 2.05) is 0 Å². The first kappa shape index (κ1) is 25.1. The fourth-order valence-electron chi connectivity index (χ4n) is 7.07. The molecule has 0 amide bonds. The van der Waals surface area contributed by atoms with Crippen LogP contribution in [0.15, 0.2) is 29.0 Å². The van der Waals surface area contributed by atoms with Crippen molar-refractivity contribution in [2.75, 3.05) is 7.11 Å². The number of aliphatic hydroxyl groups is 3. The Bertz CT molecular complexity index is 1240. The number of aliphatic hydroxyl groups excluding tert-OH is 2. The van der Waals surface area contributed by atoms with Gasteiger partial charge in [-0.25, -0.2) is 0 Å². The van der Waals surface area contributed by atoms with Crippen LogP contribution in [0, 0.1) is 22.7 Å². The second kappa shape index (κ2) is 7.77. The van der Waals surface area contributed by atoms with Crippen molar-refractivity contribution < 1.29 is 39.5 Å². The van der Waals surface area contributed by atoms with Gasteiger partial charge in [0.1, 0.15) is 22.8 Å². The molecular weight excluding hydrogens is 452 g/mol. The zero-order valence-corrected chi connectivity index (χ0v) is 20.9. The Kier molecular flexibility index (Phi) is 5.58. The van der Waals surface area contributed by atoms with Crippen LogP contribution in [0.1, 0.15) is 57.7 Å². The number of hydrogen-bond acceptors (Lipinski definition) is 8. The number of ketones is 3. The van der Waals surface area contributed by atoms with Gasteiger partial charge >= 0.3 is 0 Å². The summed E-state index contributed by atoms with van der Waals surface area (Å²) in [5.74, 6) is -5.30. The van der Waals surface area contributed by atoms with Crippen molar-refractivity contribution in [2.45, 2.75) is 59.7 Å². The number of rotatable bonds is 4. The molecule has 0 heterocycles. The highest BCUT2D eigenvalue weighted by Crippen LogP contribution is 2.65. The summed E-state index contributed by atoms with van der Waals surface area (Å²) in [7, 11) is 1.53. The molecule has 1 aromatic carbocycles. The van der Waals surface area contributed by atoms with E-state index in [-0.39, 0.29) is 42.3 Å². The molecule has 0 aliphatic heterocycles. The van der Waals surface area contributed by atoms with Crippen LogP contribution >= 0.6 is 0 Å². The Morgan fingerprint density at radius 2 is 1.80 bits per heavy atom. The summed E-state index contributed by atoms with van der Waals surface area (Å²) < 4.78 is 5.29. The fourth-order valence-corrected chi connectivity index (χ4v) is 7.07. The number of hydrogen-bond donors (Lipinski definition) is 4. The van der Waals surface area contributed by atoms with Gasteiger partial charge < -0.3 is 25.2 Å². The van der Waals surface area contributed by atoms with E-state index in [0.29, 0.717) is 5.56 Å². The summed E-state index contributed by atoms with van der Waals surface area (Å²) in [6, 6.07) is 3.09. The molecule has 0 bridgehead atoms. The molecule has 8 heteroatoms. The molecule has 1 aromatic rings. The summed E-state index contributed by atoms with van der Waals surface area (Å²) in [5.41, 5.74) is -4.40. The summed E-state index contributed by atoms with van der Waals surface area (Å²) in [5, 5.41) is 45.0. The monoisotopic (exact) mass is 484 g/mol. The average Bonchev–Trinajstić information content (AvgIpc) is 2.72. The van der Waals surface area contributed by atoms with Crippen molar-refractivity contribution in [3.8, 4) is 5.75 Å². The van der Waals surface area contributed by atoms with Crippen LogP contribution in [0.4, 0.5) is 0 Å². The highest BCUT2D eigenvalue weighted by Gasteiger charge is 2.72. The lowest BCUT2D eigenvalue weighted by atomic mass is 9.43. The highest BCUT2D eigenvalue weighted by atomic mass is 16.5. The molecule has 1 saturated carbocycles. The number of aromatic hydroxyl groups is 1. The van der Waals surface area contributed by atoms with Crippen LogP contribution in [-0.4, -0.2) is 50.5 Å². The maximum absolute atomic E-state index is 14.1. The van der Waals surface area contributed by atoms with Crippen LogP contribution < -0.4 is 0 Å². The summed E-state index contributed by atoms with van der Waals surface area (Å²) in [6.45, 7) is 8.23. The van der Waals surface area contributed by atoms with Crippen LogP contribution in [-0.2, 0) is 32.1 Å². The Morgan fingerprint density at radius 3 is 2.34 bits per heavy atom. The summed E-state index contributed by atoms with van der Waals surface area (Å²) >= 11 is 0. The minimum atomic E-state index is -2.60. The lowest BCUT2D eigenvalue weighted by Crippen LogP contribution is -2.69. The van der Waals surface area contributed by atoms with Crippen LogP contribution in [0.2, 0.25) is 0 Å². The molecule has 1 fully saturated rings. The molecule has 0 radical (unpaired) electrons. The van der Waals surface area contributed by atoms with E-state index in [1.54, 1.807) is 33.8 Å². The number of allylic oxidation sites excluding steroid dienone is 1. The Morgan fingerprint density at radius 1 is 1.17 bits per heavy atom. The molecule has 0 spiro atoms. The predicted molar refractivity (Wildman–Crippen MR) is 127 cm³/mol. The lowest BCUT2D eigenvalue weighted by molar-refractivity contribution is -0.178. The average molecular weight is 485 g/mol. The molecular formula is C27H32O8. The Labute approximate surface area is 203 Å². The smallest absolute Gasteiger partial charge is 0.203 e. The Hall–Kier alpha value is -2.97. The van der Waals surface area contributed by atoms with E-state index in [9.17, 15) is 34.8 Å². The minimum Gasteiger partial charge on any atom is -0.508 e. The molecule has 0 saturated heterocycles. The Balaban J connectivity index is 2.08. The van der Waals surface area contributed by atoms with Crippen molar-refractivity contribution in [3.05, 3.63) is 45.7 Å². The number of Topliss-reactive ketones (excluding diaryl/α,β-unsaturated/α-hetero) is 3. The standard InChI is InChI=1S/C27H32O8/c1-12(2)19-21(30)17(13(3)28)23(32)27(34)24(33)20-22(31)18-15(9-25(20,4)11-26(19,27)5)14(10-35-6)7-8-16(18)29/h7-8,12,19,29,31-32,34H,9-11H2,1-6H3/t19?,25-,26-,27+/m1/s1. The van der Waals surface area contributed by atoms with Crippen LogP contribution in [0.3, 0.4) is 0 Å². The fraction of sp³-hybridized carbons (Fsp3) is 0.519. The molecule has 0 aromatic heterocycles. The number of carbonyl (C=O) groups is 3. The molecule has 35 heavy (non-hydrogen) atoms. The summed E-state index contributed by atoms with van der Waals surface area (Å²) in [6.07, 6.45) is 0.294. The highest BCUT2D eigenvalue weighted by molar-refractivity contribution is 6.24. The normalized spacial score (nSPS) is 32.5. The maximum Gasteiger partial charge on any atom is 0.203 e. The summed E-state index contributed by atoms with van der Waals surface area (Å²) in [4.78, 5) is 40.0. The van der Waals surface area contributed by atoms with Gasteiger partial charge in [-0.15, -0.1) is 0 Å². The van der Waals surface area contributed by atoms with E-state index < -0.39 is 56.8 Å². The van der Waals surface area contributed by atoms with Crippen molar-refractivity contribution in [1.29, 1.82) is 0 Å². The zero-order chi connectivity index (χ0) is 26.2. The predicted octanol–water partition coefficient (Wildman–Crippen LogP) is 3.34. The number of methoxy groups -OCH3 is 1. The molecule has 1 unspecified atom stereocenters. The molecule has 3 aliphatic carbocycles. The van der Waals surface area contributed by atoms with Gasteiger partial charge in [-0.1, -0.05) is 33.8 Å². The topological polar surface area (TPSA) is 141 Å². The van der Waals surface area contributed by atoms with Gasteiger partial charge in [0.2, 0.25) is 5.78 Å². The second-order valence-corrected chi connectivity index (χ2v) is 11.0. The van der Waals surface area contributed by atoms with Crippen molar-refractivity contribution >= 4 is 23.1 Å². The van der Waals surface area contributed by atoms with Crippen LogP contribution in [0.5, 0.6) is 5.75 Å². The quantitative estimate of drug-likeness (QED) is 0.477. The third-order valence-electron chi connectivity index (χ3n) is 8.28. The van der Waals surface area contributed by atoms with Gasteiger partial charge in [-0.05, 0) is 42.9 Å². The van der Waals surface area contributed by atoms with Gasteiger partial charge in [-0.2, -0.15) is 0 Å². The molecule has 8 nitrogen and oxygen atoms in total. The van der Waals surface area contributed by atoms with E-state index >= 15 is 0 Å². The number of benzene rings is 1. The SMILES string of the molecule is COCc1ccc(O)c2c1C[C@]1(C)C[C@]3(C)C(C(C)C)C(=O)C(C(C)=O)=C(O)[C@]3(O)C(=O)C1=C2O. The third kappa shape index (κ3) is 3.02.